The Morgan fingerprint density at radius 2 is 2.06 bits per heavy atom. The first-order valence-electron chi connectivity index (χ1n) is 5.75. The van der Waals surface area contributed by atoms with Crippen molar-refractivity contribution in [1.29, 1.82) is 0 Å². The van der Waals surface area contributed by atoms with Gasteiger partial charge in [0.1, 0.15) is 0 Å². The van der Waals surface area contributed by atoms with E-state index in [4.69, 9.17) is 5.73 Å². The molecule has 0 spiro atoms. The predicted molar refractivity (Wildman–Crippen MR) is 73.4 cm³/mol. The van der Waals surface area contributed by atoms with Crippen LogP contribution in [0.3, 0.4) is 0 Å². The van der Waals surface area contributed by atoms with Crippen molar-refractivity contribution in [3.8, 4) is 5.69 Å². The van der Waals surface area contributed by atoms with Crippen molar-refractivity contribution in [2.75, 3.05) is 12.3 Å². The van der Waals surface area contributed by atoms with Gasteiger partial charge < -0.3 is 10.3 Å². The molecule has 0 bridgehead atoms. The number of rotatable bonds is 6. The molecule has 3 nitrogen and oxygen atoms in total. The maximum Gasteiger partial charge on any atom is 0.0991 e. The second-order valence-electron chi connectivity index (χ2n) is 3.83. The van der Waals surface area contributed by atoms with E-state index >= 15 is 0 Å². The molecular formula is C13H17N3S. The maximum atomic E-state index is 5.46. The average molecular weight is 247 g/mol. The molecule has 17 heavy (non-hydrogen) atoms. The molecule has 1 aromatic carbocycles. The van der Waals surface area contributed by atoms with Gasteiger partial charge in [0.15, 0.2) is 0 Å². The Balaban J connectivity index is 1.90. The fraction of sp³-hybridized carbons (Fsp3) is 0.308. The minimum absolute atomic E-state index is 0.784. The Morgan fingerprint density at radius 3 is 2.71 bits per heavy atom. The van der Waals surface area contributed by atoms with Crippen molar-refractivity contribution in [2.45, 2.75) is 12.2 Å². The molecule has 0 fully saturated rings. The van der Waals surface area contributed by atoms with Gasteiger partial charge in [-0.15, -0.1) is 0 Å². The van der Waals surface area contributed by atoms with E-state index in [0.29, 0.717) is 0 Å². The number of imidazole rings is 1. The van der Waals surface area contributed by atoms with Gasteiger partial charge in [-0.1, -0.05) is 12.1 Å². The van der Waals surface area contributed by atoms with Crippen molar-refractivity contribution in [3.05, 3.63) is 48.5 Å². The van der Waals surface area contributed by atoms with E-state index in [1.165, 1.54) is 5.56 Å². The van der Waals surface area contributed by atoms with Crippen LogP contribution in [0.4, 0.5) is 0 Å². The summed E-state index contributed by atoms with van der Waals surface area (Å²) in [5.41, 5.74) is 7.97. The van der Waals surface area contributed by atoms with Gasteiger partial charge in [-0.3, -0.25) is 0 Å². The number of nitrogens with two attached hydrogens (primary N) is 1. The van der Waals surface area contributed by atoms with E-state index in [-0.39, 0.29) is 0 Å². The van der Waals surface area contributed by atoms with Crippen LogP contribution in [0.2, 0.25) is 0 Å². The number of benzene rings is 1. The first kappa shape index (κ1) is 12.2. The first-order valence-corrected chi connectivity index (χ1v) is 6.90. The topological polar surface area (TPSA) is 43.8 Å². The number of aromatic nitrogens is 2. The van der Waals surface area contributed by atoms with E-state index in [9.17, 15) is 0 Å². The minimum Gasteiger partial charge on any atom is -0.330 e. The van der Waals surface area contributed by atoms with E-state index in [1.54, 1.807) is 6.20 Å². The normalized spacial score (nSPS) is 10.6. The Hall–Kier alpha value is -1.26. The van der Waals surface area contributed by atoms with E-state index < -0.39 is 0 Å². The fourth-order valence-electron chi connectivity index (χ4n) is 1.55. The largest absolute Gasteiger partial charge is 0.330 e. The number of nitrogens with zero attached hydrogens (tertiary/aromatic N) is 2. The second-order valence-corrected chi connectivity index (χ2v) is 4.94. The zero-order valence-corrected chi connectivity index (χ0v) is 10.6. The zero-order chi connectivity index (χ0) is 11.9. The maximum absolute atomic E-state index is 5.46. The molecule has 0 amide bonds. The number of hydrogen-bond donors (Lipinski definition) is 1. The van der Waals surface area contributed by atoms with Crippen LogP contribution >= 0.6 is 11.8 Å². The third-order valence-corrected chi connectivity index (χ3v) is 3.62. The quantitative estimate of drug-likeness (QED) is 0.797. The lowest BCUT2D eigenvalue weighted by atomic mass is 10.2. The summed E-state index contributed by atoms with van der Waals surface area (Å²) in [6, 6.07) is 8.59. The van der Waals surface area contributed by atoms with Crippen LogP contribution < -0.4 is 5.73 Å². The van der Waals surface area contributed by atoms with Gasteiger partial charge in [0.05, 0.1) is 6.33 Å². The Bertz CT molecular complexity index is 422. The van der Waals surface area contributed by atoms with Crippen molar-refractivity contribution in [3.63, 3.8) is 0 Å². The summed E-state index contributed by atoms with van der Waals surface area (Å²) in [6.45, 7) is 0.784. The van der Waals surface area contributed by atoms with Crippen LogP contribution in [0.1, 0.15) is 12.0 Å². The molecule has 0 aliphatic rings. The third kappa shape index (κ3) is 3.61. The molecule has 0 saturated heterocycles. The highest BCUT2D eigenvalue weighted by Gasteiger charge is 1.97. The van der Waals surface area contributed by atoms with Crippen LogP contribution in [0, 0.1) is 0 Å². The lowest BCUT2D eigenvalue weighted by Crippen LogP contribution is -1.99. The van der Waals surface area contributed by atoms with Crippen LogP contribution in [0.5, 0.6) is 0 Å². The highest BCUT2D eigenvalue weighted by atomic mass is 32.2. The molecule has 4 heteroatoms. The monoisotopic (exact) mass is 247 g/mol. The predicted octanol–water partition coefficient (Wildman–Crippen LogP) is 2.45. The Kier molecular flexibility index (Phi) is 4.64. The molecule has 2 rings (SSSR count). The highest BCUT2D eigenvalue weighted by Crippen LogP contribution is 2.15. The lowest BCUT2D eigenvalue weighted by Gasteiger charge is -2.04. The molecule has 1 heterocycles. The van der Waals surface area contributed by atoms with E-state index in [1.807, 2.05) is 28.9 Å². The molecule has 0 atom stereocenters. The lowest BCUT2D eigenvalue weighted by molar-refractivity contribution is 0.943. The van der Waals surface area contributed by atoms with E-state index in [0.717, 1.165) is 30.2 Å². The molecular weight excluding hydrogens is 230 g/mol. The molecule has 0 unspecified atom stereocenters. The SMILES string of the molecule is NCCCSCc1ccc(-n2ccnc2)cc1. The fourth-order valence-corrected chi connectivity index (χ4v) is 2.49. The number of thioether (sulfide) groups is 1. The van der Waals surface area contributed by atoms with Crippen molar-refractivity contribution in [2.24, 2.45) is 5.73 Å². The van der Waals surface area contributed by atoms with Crippen LogP contribution in [0.25, 0.3) is 5.69 Å². The van der Waals surface area contributed by atoms with E-state index in [2.05, 4.69) is 29.2 Å². The summed E-state index contributed by atoms with van der Waals surface area (Å²) >= 11 is 1.94. The average Bonchev–Trinajstić information content (AvgIpc) is 2.89. The van der Waals surface area contributed by atoms with Crippen LogP contribution in [0.15, 0.2) is 43.0 Å². The van der Waals surface area contributed by atoms with Gasteiger partial charge in [0.2, 0.25) is 0 Å². The van der Waals surface area contributed by atoms with Gasteiger partial charge in [-0.05, 0) is 36.4 Å². The first-order chi connectivity index (χ1) is 8.40. The second kappa shape index (κ2) is 6.47. The smallest absolute Gasteiger partial charge is 0.0991 e. The van der Waals surface area contributed by atoms with Crippen LogP contribution in [-0.2, 0) is 5.75 Å². The molecule has 0 radical (unpaired) electrons. The summed E-state index contributed by atoms with van der Waals surface area (Å²) in [6.07, 6.45) is 6.64. The molecule has 0 saturated carbocycles. The van der Waals surface area contributed by atoms with Gasteiger partial charge in [0.25, 0.3) is 0 Å². The van der Waals surface area contributed by atoms with Gasteiger partial charge >= 0.3 is 0 Å². The molecule has 0 aliphatic carbocycles. The van der Waals surface area contributed by atoms with Crippen molar-refractivity contribution in [1.82, 2.24) is 9.55 Å². The molecule has 2 aromatic rings. The number of hydrogen-bond acceptors (Lipinski definition) is 3. The zero-order valence-electron chi connectivity index (χ0n) is 9.75. The standard InChI is InChI=1S/C13H17N3S/c14-6-1-9-17-10-12-2-4-13(5-3-12)16-8-7-15-11-16/h2-5,7-8,11H,1,6,9-10,14H2. The Labute approximate surface area is 106 Å². The van der Waals surface area contributed by atoms with Crippen molar-refractivity contribution < 1.29 is 0 Å². The minimum atomic E-state index is 0.784. The molecule has 1 aromatic heterocycles. The highest BCUT2D eigenvalue weighted by molar-refractivity contribution is 7.98. The summed E-state index contributed by atoms with van der Waals surface area (Å²) in [7, 11) is 0. The van der Waals surface area contributed by atoms with Gasteiger partial charge in [-0.2, -0.15) is 11.8 Å². The van der Waals surface area contributed by atoms with Gasteiger partial charge in [-0.25, -0.2) is 4.98 Å². The van der Waals surface area contributed by atoms with Gasteiger partial charge in [0, 0.05) is 23.8 Å². The van der Waals surface area contributed by atoms with Crippen LogP contribution in [-0.4, -0.2) is 21.8 Å². The Morgan fingerprint density at radius 1 is 1.24 bits per heavy atom. The molecule has 90 valence electrons. The summed E-state index contributed by atoms with van der Waals surface area (Å²) in [5.74, 6) is 2.20. The molecule has 2 N–H and O–H groups in total. The summed E-state index contributed by atoms with van der Waals surface area (Å²) < 4.78 is 2.01. The summed E-state index contributed by atoms with van der Waals surface area (Å²) in [4.78, 5) is 4.04. The third-order valence-electron chi connectivity index (χ3n) is 2.50. The summed E-state index contributed by atoms with van der Waals surface area (Å²) in [5, 5.41) is 0. The molecule has 0 aliphatic heterocycles. The van der Waals surface area contributed by atoms with Crippen molar-refractivity contribution >= 4 is 11.8 Å².